The van der Waals surface area contributed by atoms with Crippen molar-refractivity contribution in [2.75, 3.05) is 7.11 Å². The highest BCUT2D eigenvalue weighted by molar-refractivity contribution is 6.22. The second kappa shape index (κ2) is 9.50. The molecule has 0 bridgehead atoms. The monoisotopic (exact) mass is 483 g/mol. The lowest BCUT2D eigenvalue weighted by Crippen LogP contribution is -2.47. The molecule has 8 heteroatoms. The summed E-state index contributed by atoms with van der Waals surface area (Å²) in [6.07, 6.45) is 0.0834. The van der Waals surface area contributed by atoms with Crippen molar-refractivity contribution in [3.8, 4) is 5.75 Å². The second-order valence-corrected chi connectivity index (χ2v) is 8.29. The number of rotatable bonds is 7. The Morgan fingerprint density at radius 1 is 0.889 bits per heavy atom. The Morgan fingerprint density at radius 3 is 2.22 bits per heavy atom. The van der Waals surface area contributed by atoms with Crippen LogP contribution < -0.4 is 10.4 Å². The molecule has 0 N–H and O–H groups in total. The van der Waals surface area contributed by atoms with Crippen molar-refractivity contribution < 1.29 is 28.3 Å². The molecule has 1 aliphatic rings. The lowest BCUT2D eigenvalue weighted by atomic mass is 10.0. The van der Waals surface area contributed by atoms with Crippen molar-refractivity contribution in [1.29, 1.82) is 0 Å². The molecule has 0 radical (unpaired) electrons. The van der Waals surface area contributed by atoms with E-state index in [0.717, 1.165) is 10.5 Å². The van der Waals surface area contributed by atoms with Crippen LogP contribution in [0.2, 0.25) is 0 Å². The van der Waals surface area contributed by atoms with Crippen molar-refractivity contribution in [2.45, 2.75) is 19.1 Å². The van der Waals surface area contributed by atoms with Gasteiger partial charge in [-0.05, 0) is 29.8 Å². The largest absolute Gasteiger partial charge is 0.497 e. The van der Waals surface area contributed by atoms with E-state index in [1.165, 1.54) is 13.2 Å². The molecule has 5 rings (SSSR count). The highest BCUT2D eigenvalue weighted by Crippen LogP contribution is 2.27. The van der Waals surface area contributed by atoms with Crippen LogP contribution in [-0.2, 0) is 22.6 Å². The van der Waals surface area contributed by atoms with E-state index in [2.05, 4.69) is 0 Å². The van der Waals surface area contributed by atoms with E-state index in [1.807, 2.05) is 30.3 Å². The van der Waals surface area contributed by atoms with Crippen LogP contribution in [-0.4, -0.2) is 35.8 Å². The quantitative estimate of drug-likeness (QED) is 0.224. The predicted octanol–water partition coefficient (Wildman–Crippen LogP) is 3.75. The average molecular weight is 483 g/mol. The number of hydrogen-bond donors (Lipinski definition) is 0. The van der Waals surface area contributed by atoms with Crippen molar-refractivity contribution in [2.24, 2.45) is 0 Å². The van der Waals surface area contributed by atoms with Crippen LogP contribution in [0.25, 0.3) is 11.0 Å². The number of imide groups is 1. The fourth-order valence-corrected chi connectivity index (χ4v) is 4.31. The Balaban J connectivity index is 1.45. The summed E-state index contributed by atoms with van der Waals surface area (Å²) in [5.74, 6) is -1.35. The standard InChI is InChI=1S/C28H21NO7/c1-34-19-11-12-20-18(14-25(30)36-24(20)15-19)16-35-28(33)23(13-17-7-3-2-4-8-17)29-26(31)21-9-5-6-10-22(21)27(29)32/h2-12,14-15,23H,13,16H2,1H3. The predicted molar refractivity (Wildman–Crippen MR) is 130 cm³/mol. The second-order valence-electron chi connectivity index (χ2n) is 8.29. The van der Waals surface area contributed by atoms with E-state index in [0.29, 0.717) is 16.7 Å². The first kappa shape index (κ1) is 23.0. The summed E-state index contributed by atoms with van der Waals surface area (Å²) in [6, 6.07) is 20.5. The maximum absolute atomic E-state index is 13.4. The number of nitrogens with zero attached hydrogens (tertiary/aromatic N) is 1. The van der Waals surface area contributed by atoms with Crippen molar-refractivity contribution >= 4 is 28.8 Å². The molecule has 0 saturated carbocycles. The maximum atomic E-state index is 13.4. The van der Waals surface area contributed by atoms with Gasteiger partial charge < -0.3 is 13.9 Å². The van der Waals surface area contributed by atoms with Crippen LogP contribution in [0.3, 0.4) is 0 Å². The number of fused-ring (bicyclic) bond motifs is 2. The smallest absolute Gasteiger partial charge is 0.336 e. The number of amides is 2. The first-order valence-electron chi connectivity index (χ1n) is 11.2. The van der Waals surface area contributed by atoms with Crippen molar-refractivity contribution in [3.63, 3.8) is 0 Å². The molecule has 4 aromatic rings. The van der Waals surface area contributed by atoms with Gasteiger partial charge in [0.25, 0.3) is 11.8 Å². The van der Waals surface area contributed by atoms with Crippen molar-refractivity contribution in [1.82, 2.24) is 4.90 Å². The van der Waals surface area contributed by atoms with Gasteiger partial charge in [-0.15, -0.1) is 0 Å². The third-order valence-electron chi connectivity index (χ3n) is 6.09. The molecule has 8 nitrogen and oxygen atoms in total. The number of esters is 1. The molecule has 180 valence electrons. The SMILES string of the molecule is COc1ccc2c(COC(=O)C(Cc3ccccc3)N3C(=O)c4ccccc4C3=O)cc(=O)oc2c1. The molecule has 0 saturated heterocycles. The molecule has 1 aromatic heterocycles. The first-order valence-corrected chi connectivity index (χ1v) is 11.2. The molecule has 2 heterocycles. The zero-order valence-electron chi connectivity index (χ0n) is 19.3. The molecule has 0 spiro atoms. The van der Waals surface area contributed by atoms with Gasteiger partial charge in [0.2, 0.25) is 0 Å². The van der Waals surface area contributed by atoms with Gasteiger partial charge in [0.15, 0.2) is 0 Å². The highest BCUT2D eigenvalue weighted by Gasteiger charge is 2.43. The number of carbonyl (C=O) groups excluding carboxylic acids is 3. The number of hydrogen-bond acceptors (Lipinski definition) is 7. The van der Waals surface area contributed by atoms with Gasteiger partial charge in [-0.1, -0.05) is 42.5 Å². The first-order chi connectivity index (χ1) is 17.5. The normalized spacial score (nSPS) is 13.5. The summed E-state index contributed by atoms with van der Waals surface area (Å²) >= 11 is 0. The van der Waals surface area contributed by atoms with Gasteiger partial charge in [0.05, 0.1) is 18.2 Å². The molecule has 1 aliphatic heterocycles. The van der Waals surface area contributed by atoms with Crippen LogP contribution in [0.15, 0.2) is 88.1 Å². The number of ether oxygens (including phenoxy) is 2. The average Bonchev–Trinajstić information content (AvgIpc) is 3.15. The third kappa shape index (κ3) is 4.24. The summed E-state index contributed by atoms with van der Waals surface area (Å²) in [6.45, 7) is -0.248. The highest BCUT2D eigenvalue weighted by atomic mass is 16.5. The Morgan fingerprint density at radius 2 is 1.56 bits per heavy atom. The number of benzene rings is 3. The number of carbonyl (C=O) groups is 3. The Kier molecular flexibility index (Phi) is 6.08. The summed E-state index contributed by atoms with van der Waals surface area (Å²) in [7, 11) is 1.50. The van der Waals surface area contributed by atoms with E-state index >= 15 is 0 Å². The maximum Gasteiger partial charge on any atom is 0.336 e. The topological polar surface area (TPSA) is 103 Å². The molecule has 1 unspecified atom stereocenters. The lowest BCUT2D eigenvalue weighted by molar-refractivity contribution is -0.149. The van der Waals surface area contributed by atoms with Crippen LogP contribution in [0.4, 0.5) is 0 Å². The van der Waals surface area contributed by atoms with Crippen LogP contribution >= 0.6 is 0 Å². The van der Waals surface area contributed by atoms with Gasteiger partial charge >= 0.3 is 11.6 Å². The molecule has 0 aliphatic carbocycles. The van der Waals surface area contributed by atoms with Gasteiger partial charge in [-0.25, -0.2) is 9.59 Å². The fraction of sp³-hybridized carbons (Fsp3) is 0.143. The van der Waals surface area contributed by atoms with E-state index in [9.17, 15) is 19.2 Å². The van der Waals surface area contributed by atoms with Gasteiger partial charge in [0.1, 0.15) is 24.0 Å². The summed E-state index contributed by atoms with van der Waals surface area (Å²) in [5.41, 5.74) is 1.35. The summed E-state index contributed by atoms with van der Waals surface area (Å²) < 4.78 is 16.0. The zero-order valence-corrected chi connectivity index (χ0v) is 19.3. The Bertz CT molecular complexity index is 1510. The van der Waals surface area contributed by atoms with E-state index < -0.39 is 29.5 Å². The van der Waals surface area contributed by atoms with E-state index in [1.54, 1.807) is 42.5 Å². The molecular weight excluding hydrogens is 462 g/mol. The van der Waals surface area contributed by atoms with Gasteiger partial charge in [0, 0.05) is 29.5 Å². The van der Waals surface area contributed by atoms with E-state index in [-0.39, 0.29) is 29.7 Å². The van der Waals surface area contributed by atoms with Gasteiger partial charge in [-0.2, -0.15) is 0 Å². The van der Waals surface area contributed by atoms with E-state index in [4.69, 9.17) is 13.9 Å². The Hall–Kier alpha value is -4.72. The minimum Gasteiger partial charge on any atom is -0.497 e. The van der Waals surface area contributed by atoms with Crippen LogP contribution in [0, 0.1) is 0 Å². The fourth-order valence-electron chi connectivity index (χ4n) is 4.31. The summed E-state index contributed by atoms with van der Waals surface area (Å²) in [4.78, 5) is 52.7. The molecule has 36 heavy (non-hydrogen) atoms. The molecular formula is C28H21NO7. The molecule has 0 fully saturated rings. The van der Waals surface area contributed by atoms with Crippen molar-refractivity contribution in [3.05, 3.63) is 112 Å². The molecule has 3 aromatic carbocycles. The summed E-state index contributed by atoms with van der Waals surface area (Å²) in [5, 5.41) is 0.573. The Labute approximate surface area is 205 Å². The van der Waals surface area contributed by atoms with Gasteiger partial charge in [-0.3, -0.25) is 14.5 Å². The minimum absolute atomic E-state index is 0.0834. The molecule has 1 atom stereocenters. The third-order valence-corrected chi connectivity index (χ3v) is 6.09. The minimum atomic E-state index is -1.19. The zero-order chi connectivity index (χ0) is 25.2. The number of methoxy groups -OCH3 is 1. The van der Waals surface area contributed by atoms with Crippen LogP contribution in [0.5, 0.6) is 5.75 Å². The lowest BCUT2D eigenvalue weighted by Gasteiger charge is -2.25. The molecule has 2 amide bonds. The van der Waals surface area contributed by atoms with Crippen LogP contribution in [0.1, 0.15) is 31.8 Å².